The molecule has 0 saturated heterocycles. The van der Waals surface area contributed by atoms with E-state index in [4.69, 9.17) is 20.4 Å². The van der Waals surface area contributed by atoms with Crippen LogP contribution in [-0.4, -0.2) is 72.8 Å². The molecule has 0 aliphatic heterocycles. The Morgan fingerprint density at radius 1 is 0.444 bits per heavy atom. The Balaban J connectivity index is -0.00000000762. The topological polar surface area (TPSA) is 80.9 Å². The monoisotopic (exact) mass is 250 g/mol. The summed E-state index contributed by atoms with van der Waals surface area (Å²) in [6.45, 7) is 0. The first-order valence-electron chi connectivity index (χ1n) is 1.79. The summed E-state index contributed by atoms with van der Waals surface area (Å²) < 4.78 is 0. The Labute approximate surface area is 73.1 Å². The summed E-state index contributed by atoms with van der Waals surface area (Å²) in [5.74, 6) is 0. The van der Waals surface area contributed by atoms with E-state index in [0.717, 1.165) is 28.4 Å². The van der Waals surface area contributed by atoms with Crippen molar-refractivity contribution in [2.75, 3.05) is 28.4 Å². The average Bonchev–Trinajstić information content (AvgIpc) is 2.03. The third-order valence-corrected chi connectivity index (χ3v) is 0. The van der Waals surface area contributed by atoms with Gasteiger partial charge >= 0.3 is 23.9 Å². The molecule has 5 heteroatoms. The molecule has 0 saturated carbocycles. The zero-order chi connectivity index (χ0) is 8.00. The Kier molecular flexibility index (Phi) is 4590. The number of aliphatic hydroxyl groups is 4. The van der Waals surface area contributed by atoms with E-state index in [1.807, 2.05) is 0 Å². The predicted molar refractivity (Wildman–Crippen MR) is 41.1 cm³/mol. The molecule has 0 aromatic heterocycles. The molecule has 0 heterocycles. The second kappa shape index (κ2) is 1240. The molecule has 0 bridgehead atoms. The van der Waals surface area contributed by atoms with Crippen LogP contribution in [0.25, 0.3) is 0 Å². The van der Waals surface area contributed by atoms with Crippen LogP contribution in [-0.2, 0) is 0 Å². The summed E-state index contributed by atoms with van der Waals surface area (Å²) in [5.41, 5.74) is 0. The van der Waals surface area contributed by atoms with Crippen LogP contribution in [0.1, 0.15) is 0 Å². The number of rotatable bonds is 0. The molecular formula is C4H18O4Sn. The van der Waals surface area contributed by atoms with E-state index in [1.165, 1.54) is 0 Å². The summed E-state index contributed by atoms with van der Waals surface area (Å²) in [4.78, 5) is 0. The summed E-state index contributed by atoms with van der Waals surface area (Å²) in [5, 5.41) is 28.0. The SMILES string of the molecule is CO.CO.CO.CO.[SnH2]. The molecule has 4 N–H and O–H groups in total. The number of hydrogen-bond donors (Lipinski definition) is 4. The maximum atomic E-state index is 7.00. The number of hydrogen-bond acceptors (Lipinski definition) is 4. The molecule has 0 spiro atoms. The predicted octanol–water partition coefficient (Wildman–Crippen LogP) is -2.48. The van der Waals surface area contributed by atoms with Gasteiger partial charge in [-0.1, -0.05) is 0 Å². The van der Waals surface area contributed by atoms with E-state index in [0.29, 0.717) is 0 Å². The Hall–Kier alpha value is 0.639. The van der Waals surface area contributed by atoms with Crippen LogP contribution < -0.4 is 0 Å². The molecule has 0 aromatic rings. The van der Waals surface area contributed by atoms with E-state index in [1.54, 1.807) is 0 Å². The normalized spacial score (nSPS) is 2.67. The zero-order valence-corrected chi connectivity index (χ0v) is 10.5. The van der Waals surface area contributed by atoms with E-state index in [-0.39, 0.29) is 23.9 Å². The van der Waals surface area contributed by atoms with Gasteiger partial charge in [-0.15, -0.1) is 0 Å². The average molecular weight is 249 g/mol. The fourth-order valence-corrected chi connectivity index (χ4v) is 0. The first kappa shape index (κ1) is 33.4. The summed E-state index contributed by atoms with van der Waals surface area (Å²) in [7, 11) is 4.00. The van der Waals surface area contributed by atoms with Crippen molar-refractivity contribution in [3.8, 4) is 0 Å². The van der Waals surface area contributed by atoms with Gasteiger partial charge in [0.15, 0.2) is 0 Å². The molecular weight excluding hydrogens is 231 g/mol. The molecule has 0 atom stereocenters. The summed E-state index contributed by atoms with van der Waals surface area (Å²) >= 11 is 0. The molecule has 2 radical (unpaired) electrons. The first-order chi connectivity index (χ1) is 4.00. The van der Waals surface area contributed by atoms with E-state index >= 15 is 0 Å². The van der Waals surface area contributed by atoms with Crippen molar-refractivity contribution in [2.24, 2.45) is 0 Å². The molecule has 0 rings (SSSR count). The maximum absolute atomic E-state index is 7.00. The third kappa shape index (κ3) is 933. The minimum atomic E-state index is 0. The van der Waals surface area contributed by atoms with Crippen LogP contribution in [0, 0.1) is 0 Å². The molecule has 0 aromatic carbocycles. The van der Waals surface area contributed by atoms with Gasteiger partial charge in [-0.2, -0.15) is 0 Å². The van der Waals surface area contributed by atoms with Crippen molar-refractivity contribution < 1.29 is 20.4 Å². The van der Waals surface area contributed by atoms with Gasteiger partial charge in [0.05, 0.1) is 0 Å². The minimum absolute atomic E-state index is 0. The standard InChI is InChI=1S/4CH4O.Sn.2H/c4*1-2;;;/h4*2H,1H3;;;. The fourth-order valence-electron chi connectivity index (χ4n) is 0. The van der Waals surface area contributed by atoms with Crippen molar-refractivity contribution in [3.63, 3.8) is 0 Å². The second-order valence-corrected chi connectivity index (χ2v) is 0. The van der Waals surface area contributed by atoms with Gasteiger partial charge in [-0.05, 0) is 0 Å². The van der Waals surface area contributed by atoms with Crippen LogP contribution in [0.15, 0.2) is 0 Å². The first-order valence-corrected chi connectivity index (χ1v) is 1.79. The Bertz CT molecular complexity index is 12.5. The Morgan fingerprint density at radius 2 is 0.444 bits per heavy atom. The summed E-state index contributed by atoms with van der Waals surface area (Å²) in [6.07, 6.45) is 0. The van der Waals surface area contributed by atoms with Crippen molar-refractivity contribution >= 4 is 23.9 Å². The van der Waals surface area contributed by atoms with Crippen molar-refractivity contribution in [1.82, 2.24) is 0 Å². The number of aliphatic hydroxyl groups excluding tert-OH is 4. The van der Waals surface area contributed by atoms with E-state index in [2.05, 4.69) is 0 Å². The van der Waals surface area contributed by atoms with Crippen LogP contribution >= 0.6 is 0 Å². The quantitative estimate of drug-likeness (QED) is 0.358. The van der Waals surface area contributed by atoms with Gasteiger partial charge in [-0.3, -0.25) is 0 Å². The zero-order valence-electron chi connectivity index (χ0n) is 6.50. The van der Waals surface area contributed by atoms with Gasteiger partial charge in [0.2, 0.25) is 0 Å². The molecule has 62 valence electrons. The Morgan fingerprint density at radius 3 is 0.444 bits per heavy atom. The van der Waals surface area contributed by atoms with E-state index in [9.17, 15) is 0 Å². The van der Waals surface area contributed by atoms with Crippen molar-refractivity contribution in [1.29, 1.82) is 0 Å². The third-order valence-electron chi connectivity index (χ3n) is 0. The van der Waals surface area contributed by atoms with E-state index < -0.39 is 0 Å². The van der Waals surface area contributed by atoms with Gasteiger partial charge in [0.1, 0.15) is 0 Å². The summed E-state index contributed by atoms with van der Waals surface area (Å²) in [6, 6.07) is 0. The van der Waals surface area contributed by atoms with Crippen molar-refractivity contribution in [2.45, 2.75) is 0 Å². The van der Waals surface area contributed by atoms with Gasteiger partial charge in [0.25, 0.3) is 0 Å². The molecule has 4 nitrogen and oxygen atoms in total. The molecule has 0 aliphatic carbocycles. The molecule has 0 aliphatic rings. The van der Waals surface area contributed by atoms with Crippen molar-refractivity contribution in [3.05, 3.63) is 0 Å². The van der Waals surface area contributed by atoms with Crippen LogP contribution in [0.3, 0.4) is 0 Å². The van der Waals surface area contributed by atoms with Crippen LogP contribution in [0.5, 0.6) is 0 Å². The molecule has 0 amide bonds. The molecule has 0 fully saturated rings. The fraction of sp³-hybridized carbons (Fsp3) is 1.00. The second-order valence-electron chi connectivity index (χ2n) is 0. The van der Waals surface area contributed by atoms with Gasteiger partial charge in [-0.25, -0.2) is 0 Å². The van der Waals surface area contributed by atoms with Gasteiger partial charge in [0, 0.05) is 28.4 Å². The molecule has 9 heavy (non-hydrogen) atoms. The van der Waals surface area contributed by atoms with Crippen LogP contribution in [0.2, 0.25) is 0 Å². The van der Waals surface area contributed by atoms with Crippen LogP contribution in [0.4, 0.5) is 0 Å². The van der Waals surface area contributed by atoms with Gasteiger partial charge < -0.3 is 20.4 Å². The molecule has 0 unspecified atom stereocenters.